The van der Waals surface area contributed by atoms with Crippen molar-refractivity contribution in [3.63, 3.8) is 0 Å². The average molecular weight is 278 g/mol. The van der Waals surface area contributed by atoms with Crippen molar-refractivity contribution < 1.29 is 23.9 Å². The fourth-order valence-electron chi connectivity index (χ4n) is 1.71. The van der Waals surface area contributed by atoms with Gasteiger partial charge in [0.05, 0.1) is 19.2 Å². The molecule has 1 aliphatic heterocycles. The fraction of sp³-hybridized carbons (Fsp3) is 0.308. The summed E-state index contributed by atoms with van der Waals surface area (Å²) in [6.07, 6.45) is 0.104. The molecule has 0 spiro atoms. The summed E-state index contributed by atoms with van der Waals surface area (Å²) in [5.74, 6) is -0.468. The van der Waals surface area contributed by atoms with E-state index in [-0.39, 0.29) is 31.4 Å². The zero-order valence-corrected chi connectivity index (χ0v) is 10.9. The molecule has 0 saturated heterocycles. The number of carbonyl (C=O) groups excluding carboxylic acids is 3. The van der Waals surface area contributed by atoms with Crippen LogP contribution in [0, 0.1) is 0 Å². The first-order valence-electron chi connectivity index (χ1n) is 6.02. The highest BCUT2D eigenvalue weighted by molar-refractivity contribution is 5.99. The first-order chi connectivity index (χ1) is 9.60. The molecule has 1 aromatic rings. The molecule has 2 amide bonds. The van der Waals surface area contributed by atoms with Crippen molar-refractivity contribution in [2.75, 3.05) is 25.6 Å². The largest absolute Gasteiger partial charge is 0.482 e. The Morgan fingerprint density at radius 3 is 3.00 bits per heavy atom. The van der Waals surface area contributed by atoms with E-state index < -0.39 is 5.97 Å². The van der Waals surface area contributed by atoms with Gasteiger partial charge in [-0.15, -0.1) is 0 Å². The first kappa shape index (κ1) is 13.9. The van der Waals surface area contributed by atoms with Gasteiger partial charge in [0, 0.05) is 12.1 Å². The Labute approximate surface area is 115 Å². The quantitative estimate of drug-likeness (QED) is 0.773. The van der Waals surface area contributed by atoms with Crippen LogP contribution in [0.4, 0.5) is 5.69 Å². The maximum Gasteiger partial charge on any atom is 0.307 e. The summed E-state index contributed by atoms with van der Waals surface area (Å²) in [5, 5.41) is 5.21. The minimum absolute atomic E-state index is 0.0301. The van der Waals surface area contributed by atoms with Crippen LogP contribution in [-0.4, -0.2) is 38.0 Å². The number of hydrogen-bond acceptors (Lipinski definition) is 5. The number of ether oxygens (including phenoxy) is 2. The van der Waals surface area contributed by atoms with Crippen molar-refractivity contribution in [1.29, 1.82) is 0 Å². The molecule has 106 valence electrons. The van der Waals surface area contributed by atoms with Gasteiger partial charge in [-0.2, -0.15) is 0 Å². The van der Waals surface area contributed by atoms with Crippen molar-refractivity contribution >= 4 is 23.5 Å². The zero-order chi connectivity index (χ0) is 14.5. The molecule has 0 bridgehead atoms. The lowest BCUT2D eigenvalue weighted by atomic mass is 10.1. The zero-order valence-electron chi connectivity index (χ0n) is 10.9. The predicted molar refractivity (Wildman–Crippen MR) is 69.5 cm³/mol. The SMILES string of the molecule is COC(=O)CCNC(=O)c1ccc2c(c1)NC(=O)CO2. The van der Waals surface area contributed by atoms with Gasteiger partial charge in [0.25, 0.3) is 11.8 Å². The third-order valence-electron chi connectivity index (χ3n) is 2.72. The standard InChI is InChI=1S/C13H14N2O5/c1-19-12(17)4-5-14-13(18)8-2-3-10-9(6-8)15-11(16)7-20-10/h2-3,6H,4-5,7H2,1H3,(H,14,18)(H,15,16). The number of rotatable bonds is 4. The second-order valence-electron chi connectivity index (χ2n) is 4.13. The summed E-state index contributed by atoms with van der Waals surface area (Å²) in [7, 11) is 1.29. The van der Waals surface area contributed by atoms with E-state index in [0.717, 1.165) is 0 Å². The van der Waals surface area contributed by atoms with E-state index in [1.54, 1.807) is 12.1 Å². The minimum atomic E-state index is -0.392. The molecule has 0 saturated carbocycles. The Kier molecular flexibility index (Phi) is 4.19. The molecule has 0 aliphatic carbocycles. The van der Waals surface area contributed by atoms with E-state index in [0.29, 0.717) is 17.0 Å². The number of hydrogen-bond donors (Lipinski definition) is 2. The smallest absolute Gasteiger partial charge is 0.307 e. The molecule has 20 heavy (non-hydrogen) atoms. The lowest BCUT2D eigenvalue weighted by Crippen LogP contribution is -2.28. The van der Waals surface area contributed by atoms with Gasteiger partial charge in [0.1, 0.15) is 5.75 Å². The van der Waals surface area contributed by atoms with Crippen molar-refractivity contribution in [2.24, 2.45) is 0 Å². The van der Waals surface area contributed by atoms with Crippen LogP contribution in [0.25, 0.3) is 0 Å². The van der Waals surface area contributed by atoms with Gasteiger partial charge in [0.15, 0.2) is 6.61 Å². The van der Waals surface area contributed by atoms with Crippen LogP contribution in [-0.2, 0) is 14.3 Å². The molecule has 0 aromatic heterocycles. The molecular formula is C13H14N2O5. The van der Waals surface area contributed by atoms with Crippen molar-refractivity contribution in [2.45, 2.75) is 6.42 Å². The molecule has 0 unspecified atom stereocenters. The molecule has 7 heteroatoms. The third-order valence-corrected chi connectivity index (χ3v) is 2.72. The highest BCUT2D eigenvalue weighted by Gasteiger charge is 2.17. The number of esters is 1. The Hall–Kier alpha value is -2.57. The normalized spacial score (nSPS) is 12.8. The summed E-state index contributed by atoms with van der Waals surface area (Å²) < 4.78 is 9.66. The monoisotopic (exact) mass is 278 g/mol. The van der Waals surface area contributed by atoms with Gasteiger partial charge >= 0.3 is 5.97 Å². The second-order valence-corrected chi connectivity index (χ2v) is 4.13. The highest BCUT2D eigenvalue weighted by Crippen LogP contribution is 2.28. The van der Waals surface area contributed by atoms with Crippen molar-refractivity contribution in [1.82, 2.24) is 5.32 Å². The number of fused-ring (bicyclic) bond motifs is 1. The number of amides is 2. The van der Waals surface area contributed by atoms with Gasteiger partial charge in [-0.05, 0) is 18.2 Å². The van der Waals surface area contributed by atoms with Crippen LogP contribution in [0.15, 0.2) is 18.2 Å². The lowest BCUT2D eigenvalue weighted by molar-refractivity contribution is -0.140. The highest BCUT2D eigenvalue weighted by atomic mass is 16.5. The van der Waals surface area contributed by atoms with Crippen LogP contribution in [0.5, 0.6) is 5.75 Å². The number of anilines is 1. The van der Waals surface area contributed by atoms with Gasteiger partial charge in [-0.3, -0.25) is 14.4 Å². The molecule has 7 nitrogen and oxygen atoms in total. The number of benzene rings is 1. The number of carbonyl (C=O) groups is 3. The summed E-state index contributed by atoms with van der Waals surface area (Å²) in [6.45, 7) is 0.156. The van der Waals surface area contributed by atoms with E-state index in [9.17, 15) is 14.4 Å². The molecule has 0 atom stereocenters. The van der Waals surface area contributed by atoms with Crippen LogP contribution in [0.1, 0.15) is 16.8 Å². The minimum Gasteiger partial charge on any atom is -0.482 e. The van der Waals surface area contributed by atoms with Crippen LogP contribution in [0.2, 0.25) is 0 Å². The maximum atomic E-state index is 11.9. The molecule has 2 rings (SSSR count). The third kappa shape index (κ3) is 3.25. The Balaban J connectivity index is 1.98. The molecule has 0 fully saturated rings. The molecule has 1 aliphatic rings. The Bertz CT molecular complexity index is 556. The van der Waals surface area contributed by atoms with Crippen molar-refractivity contribution in [3.8, 4) is 5.75 Å². The predicted octanol–water partition coefficient (Wildman–Crippen LogP) is 0.310. The lowest BCUT2D eigenvalue weighted by Gasteiger charge is -2.18. The van der Waals surface area contributed by atoms with Crippen LogP contribution < -0.4 is 15.4 Å². The maximum absolute atomic E-state index is 11.9. The van der Waals surface area contributed by atoms with E-state index in [1.807, 2.05) is 0 Å². The summed E-state index contributed by atoms with van der Waals surface area (Å²) in [5.41, 5.74) is 0.835. The van der Waals surface area contributed by atoms with Crippen LogP contribution >= 0.6 is 0 Å². The summed E-state index contributed by atoms with van der Waals surface area (Å²) >= 11 is 0. The van der Waals surface area contributed by atoms with Crippen molar-refractivity contribution in [3.05, 3.63) is 23.8 Å². The molecule has 0 radical (unpaired) electrons. The van der Waals surface area contributed by atoms with E-state index in [4.69, 9.17) is 4.74 Å². The van der Waals surface area contributed by atoms with E-state index in [2.05, 4.69) is 15.4 Å². The Morgan fingerprint density at radius 2 is 2.25 bits per heavy atom. The number of methoxy groups -OCH3 is 1. The Morgan fingerprint density at radius 1 is 1.45 bits per heavy atom. The van der Waals surface area contributed by atoms with Gasteiger partial charge < -0.3 is 20.1 Å². The second kappa shape index (κ2) is 6.05. The van der Waals surface area contributed by atoms with Gasteiger partial charge in [-0.25, -0.2) is 0 Å². The topological polar surface area (TPSA) is 93.7 Å². The van der Waals surface area contributed by atoms with E-state index in [1.165, 1.54) is 13.2 Å². The summed E-state index contributed by atoms with van der Waals surface area (Å²) in [6, 6.07) is 4.73. The first-order valence-corrected chi connectivity index (χ1v) is 6.02. The van der Waals surface area contributed by atoms with Gasteiger partial charge in [-0.1, -0.05) is 0 Å². The fourth-order valence-corrected chi connectivity index (χ4v) is 1.71. The van der Waals surface area contributed by atoms with Crippen LogP contribution in [0.3, 0.4) is 0 Å². The molecule has 1 heterocycles. The van der Waals surface area contributed by atoms with E-state index >= 15 is 0 Å². The number of nitrogens with one attached hydrogen (secondary N) is 2. The summed E-state index contributed by atoms with van der Waals surface area (Å²) in [4.78, 5) is 34.0. The van der Waals surface area contributed by atoms with Gasteiger partial charge in [0.2, 0.25) is 0 Å². The molecule has 1 aromatic carbocycles. The molecular weight excluding hydrogens is 264 g/mol. The average Bonchev–Trinajstić information content (AvgIpc) is 2.46. The molecule has 2 N–H and O–H groups in total.